The standard InChI is InChI=1S/C16H34O4S.Na/c1-3-5-13-16(21(18,19)20)14-11-9-7-6-8-10-12-15(17)4-2;/h15-17H,3-14H2,1-2H3,(H,18,19,20);/q;+1/p-1. The third kappa shape index (κ3) is 14.5. The van der Waals surface area contributed by atoms with Gasteiger partial charge >= 0.3 is 29.6 Å². The molecule has 0 aromatic rings. The van der Waals surface area contributed by atoms with E-state index in [1.807, 2.05) is 13.8 Å². The van der Waals surface area contributed by atoms with E-state index in [1.54, 1.807) is 0 Å². The molecule has 0 radical (unpaired) electrons. The van der Waals surface area contributed by atoms with Gasteiger partial charge in [-0.1, -0.05) is 65.2 Å². The monoisotopic (exact) mass is 344 g/mol. The number of rotatable bonds is 14. The Morgan fingerprint density at radius 3 is 1.77 bits per heavy atom. The van der Waals surface area contributed by atoms with Crippen LogP contribution in [0.15, 0.2) is 0 Å². The second kappa shape index (κ2) is 15.4. The zero-order chi connectivity index (χ0) is 16.1. The van der Waals surface area contributed by atoms with Gasteiger partial charge in [0.05, 0.1) is 16.2 Å². The molecular weight excluding hydrogens is 311 g/mol. The maximum atomic E-state index is 11.2. The number of hydrogen-bond acceptors (Lipinski definition) is 4. The second-order valence-electron chi connectivity index (χ2n) is 6.02. The SMILES string of the molecule is CCCCC(CCCCCCCCC(O)CC)S(=O)(=O)[O-].[Na+]. The van der Waals surface area contributed by atoms with Gasteiger partial charge in [0.2, 0.25) is 0 Å². The number of aliphatic hydroxyl groups excluding tert-OH is 1. The third-order valence-electron chi connectivity index (χ3n) is 4.07. The summed E-state index contributed by atoms with van der Waals surface area (Å²) in [5.41, 5.74) is 0. The van der Waals surface area contributed by atoms with Gasteiger partial charge in [-0.2, -0.15) is 0 Å². The first-order valence-corrected chi connectivity index (χ1v) is 10.0. The molecule has 0 saturated heterocycles. The van der Waals surface area contributed by atoms with Gasteiger partial charge in [0.1, 0.15) is 0 Å². The summed E-state index contributed by atoms with van der Waals surface area (Å²) >= 11 is 0. The summed E-state index contributed by atoms with van der Waals surface area (Å²) in [5, 5.41) is 8.74. The van der Waals surface area contributed by atoms with Crippen molar-refractivity contribution in [3.05, 3.63) is 0 Å². The Bertz CT molecular complexity index is 333. The van der Waals surface area contributed by atoms with Crippen LogP contribution in [0.2, 0.25) is 0 Å². The van der Waals surface area contributed by atoms with Crippen LogP contribution in [0.1, 0.15) is 90.9 Å². The maximum Gasteiger partial charge on any atom is 1.00 e. The quantitative estimate of drug-likeness (QED) is 0.290. The van der Waals surface area contributed by atoms with Crippen molar-refractivity contribution in [2.75, 3.05) is 0 Å². The predicted molar refractivity (Wildman–Crippen MR) is 86.2 cm³/mol. The van der Waals surface area contributed by atoms with Gasteiger partial charge in [-0.15, -0.1) is 0 Å². The smallest absolute Gasteiger partial charge is 0.748 e. The van der Waals surface area contributed by atoms with E-state index >= 15 is 0 Å². The van der Waals surface area contributed by atoms with Crippen LogP contribution in [-0.2, 0) is 10.1 Å². The topological polar surface area (TPSA) is 77.4 Å². The molecule has 0 aliphatic rings. The van der Waals surface area contributed by atoms with Crippen LogP contribution in [-0.4, -0.2) is 29.4 Å². The van der Waals surface area contributed by atoms with E-state index in [-0.39, 0.29) is 35.7 Å². The van der Waals surface area contributed by atoms with Crippen LogP contribution < -0.4 is 29.6 Å². The van der Waals surface area contributed by atoms with Crippen molar-refractivity contribution < 1.29 is 47.6 Å². The summed E-state index contributed by atoms with van der Waals surface area (Å²) in [4.78, 5) is 0. The molecule has 0 heterocycles. The Kier molecular flexibility index (Phi) is 17.6. The van der Waals surface area contributed by atoms with Crippen molar-refractivity contribution in [1.29, 1.82) is 0 Å². The van der Waals surface area contributed by atoms with Gasteiger partial charge < -0.3 is 9.66 Å². The molecule has 0 aromatic heterocycles. The van der Waals surface area contributed by atoms with Gasteiger partial charge in [0, 0.05) is 5.25 Å². The molecular formula is C16H33NaO4S. The van der Waals surface area contributed by atoms with Gasteiger partial charge in [-0.3, -0.25) is 0 Å². The molecule has 2 unspecified atom stereocenters. The van der Waals surface area contributed by atoms with E-state index in [0.717, 1.165) is 64.2 Å². The molecule has 2 atom stereocenters. The molecule has 6 heteroatoms. The Hall–Kier alpha value is 0.870. The van der Waals surface area contributed by atoms with Crippen molar-refractivity contribution in [3.63, 3.8) is 0 Å². The fraction of sp³-hybridized carbons (Fsp3) is 1.00. The zero-order valence-electron chi connectivity index (χ0n) is 14.7. The predicted octanol–water partition coefficient (Wildman–Crippen LogP) is 0.986. The van der Waals surface area contributed by atoms with Crippen LogP contribution in [0.25, 0.3) is 0 Å². The van der Waals surface area contributed by atoms with Gasteiger partial charge in [0.15, 0.2) is 0 Å². The molecule has 0 rings (SSSR count). The Morgan fingerprint density at radius 1 is 0.864 bits per heavy atom. The first-order chi connectivity index (χ1) is 9.91. The van der Waals surface area contributed by atoms with Gasteiger partial charge in [0.25, 0.3) is 0 Å². The molecule has 0 saturated carbocycles. The molecule has 0 bridgehead atoms. The van der Waals surface area contributed by atoms with Crippen LogP contribution >= 0.6 is 0 Å². The summed E-state index contributed by atoms with van der Waals surface area (Å²) in [7, 11) is -4.13. The van der Waals surface area contributed by atoms with Crippen molar-refractivity contribution in [2.45, 2.75) is 102 Å². The minimum atomic E-state index is -4.13. The van der Waals surface area contributed by atoms with Crippen LogP contribution in [0, 0.1) is 0 Å². The minimum absolute atomic E-state index is 0. The van der Waals surface area contributed by atoms with E-state index < -0.39 is 15.4 Å². The molecule has 4 nitrogen and oxygen atoms in total. The summed E-state index contributed by atoms with van der Waals surface area (Å²) in [6, 6.07) is 0. The number of hydrogen-bond donors (Lipinski definition) is 1. The molecule has 1 N–H and O–H groups in total. The Labute approximate surface area is 159 Å². The van der Waals surface area contributed by atoms with Gasteiger partial charge in [-0.05, 0) is 25.7 Å². The largest absolute Gasteiger partial charge is 1.00 e. The maximum absolute atomic E-state index is 11.2. The van der Waals surface area contributed by atoms with Crippen molar-refractivity contribution in [3.8, 4) is 0 Å². The summed E-state index contributed by atoms with van der Waals surface area (Å²) in [5.74, 6) is 0. The number of unbranched alkanes of at least 4 members (excludes halogenated alkanes) is 6. The minimum Gasteiger partial charge on any atom is -0.748 e. The third-order valence-corrected chi connectivity index (χ3v) is 5.36. The normalized spacial score (nSPS) is 14.4. The fourth-order valence-corrected chi connectivity index (χ4v) is 3.44. The molecule has 0 fully saturated rings. The summed E-state index contributed by atoms with van der Waals surface area (Å²) < 4.78 is 33.5. The fourth-order valence-electron chi connectivity index (χ4n) is 2.53. The molecule has 0 aliphatic carbocycles. The second-order valence-corrected chi connectivity index (χ2v) is 7.67. The molecule has 0 spiro atoms. The first-order valence-electron chi connectivity index (χ1n) is 8.54. The average Bonchev–Trinajstić information content (AvgIpc) is 2.43. The summed E-state index contributed by atoms with van der Waals surface area (Å²) in [6.07, 6.45) is 10.5. The van der Waals surface area contributed by atoms with Crippen molar-refractivity contribution >= 4 is 10.1 Å². The Morgan fingerprint density at radius 2 is 1.32 bits per heavy atom. The van der Waals surface area contributed by atoms with E-state index in [2.05, 4.69) is 0 Å². The van der Waals surface area contributed by atoms with Gasteiger partial charge in [-0.25, -0.2) is 8.42 Å². The number of aliphatic hydroxyl groups is 1. The molecule has 128 valence electrons. The molecule has 0 aromatic carbocycles. The van der Waals surface area contributed by atoms with E-state index in [4.69, 9.17) is 0 Å². The van der Waals surface area contributed by atoms with Crippen molar-refractivity contribution in [2.24, 2.45) is 0 Å². The van der Waals surface area contributed by atoms with Crippen LogP contribution in [0.4, 0.5) is 0 Å². The van der Waals surface area contributed by atoms with E-state index in [9.17, 15) is 18.1 Å². The molecule has 22 heavy (non-hydrogen) atoms. The van der Waals surface area contributed by atoms with Crippen molar-refractivity contribution in [1.82, 2.24) is 0 Å². The molecule has 0 aliphatic heterocycles. The summed E-state index contributed by atoms with van der Waals surface area (Å²) in [6.45, 7) is 3.99. The Balaban J connectivity index is 0. The zero-order valence-corrected chi connectivity index (χ0v) is 17.5. The molecule has 0 amide bonds. The van der Waals surface area contributed by atoms with E-state index in [1.165, 1.54) is 0 Å². The van der Waals surface area contributed by atoms with Crippen LogP contribution in [0.5, 0.6) is 0 Å². The average molecular weight is 344 g/mol. The first kappa shape index (κ1) is 25.1. The van der Waals surface area contributed by atoms with E-state index in [0.29, 0.717) is 12.8 Å². The van der Waals surface area contributed by atoms with Crippen LogP contribution in [0.3, 0.4) is 0 Å².